The monoisotopic (exact) mass is 458 g/mol. The Morgan fingerprint density at radius 3 is 1.91 bits per heavy atom. The van der Waals surface area contributed by atoms with Crippen LogP contribution in [-0.2, 0) is 11.2 Å². The van der Waals surface area contributed by atoms with Crippen LogP contribution in [-0.4, -0.2) is 12.1 Å². The summed E-state index contributed by atoms with van der Waals surface area (Å²) in [7, 11) is 0. The fourth-order valence-corrected chi connectivity index (χ4v) is 5.45. The number of esters is 1. The number of benzene rings is 2. The highest BCUT2D eigenvalue weighted by Crippen LogP contribution is 2.40. The second-order valence-electron chi connectivity index (χ2n) is 9.87. The van der Waals surface area contributed by atoms with Gasteiger partial charge in [0.15, 0.2) is 11.6 Å². The fourth-order valence-electron chi connectivity index (χ4n) is 5.45. The average Bonchev–Trinajstić information content (AvgIpc) is 2.82. The molecule has 178 valence electrons. The molecule has 2 aliphatic carbocycles. The summed E-state index contributed by atoms with van der Waals surface area (Å²) < 4.78 is 49.5. The van der Waals surface area contributed by atoms with E-state index in [1.54, 1.807) is 24.3 Å². The van der Waals surface area contributed by atoms with Crippen molar-refractivity contribution in [3.05, 3.63) is 70.0 Å². The van der Waals surface area contributed by atoms with Gasteiger partial charge in [-0.2, -0.15) is 0 Å². The van der Waals surface area contributed by atoms with Crippen molar-refractivity contribution in [2.24, 2.45) is 5.92 Å². The number of hydrogen-bond donors (Lipinski definition) is 0. The van der Waals surface area contributed by atoms with Crippen molar-refractivity contribution in [1.29, 1.82) is 0 Å². The topological polar surface area (TPSA) is 26.3 Å². The molecule has 0 spiro atoms. The van der Waals surface area contributed by atoms with Crippen LogP contribution in [0.5, 0.6) is 0 Å². The van der Waals surface area contributed by atoms with E-state index in [2.05, 4.69) is 6.92 Å². The van der Waals surface area contributed by atoms with Crippen LogP contribution in [0.3, 0.4) is 0 Å². The van der Waals surface area contributed by atoms with E-state index < -0.39 is 23.4 Å². The van der Waals surface area contributed by atoms with Crippen LogP contribution in [0.4, 0.5) is 13.2 Å². The van der Waals surface area contributed by atoms with E-state index in [4.69, 9.17) is 4.74 Å². The molecule has 2 nitrogen and oxygen atoms in total. The van der Waals surface area contributed by atoms with Gasteiger partial charge >= 0.3 is 5.97 Å². The minimum atomic E-state index is -0.710. The maximum atomic E-state index is 15.0. The molecule has 2 aliphatic rings. The van der Waals surface area contributed by atoms with Gasteiger partial charge in [-0.1, -0.05) is 44.9 Å². The normalized spacial score (nSPS) is 25.6. The third-order valence-electron chi connectivity index (χ3n) is 7.66. The first-order valence-electron chi connectivity index (χ1n) is 12.3. The van der Waals surface area contributed by atoms with E-state index in [0.717, 1.165) is 25.7 Å². The lowest BCUT2D eigenvalue weighted by molar-refractivity contribution is 0.0193. The van der Waals surface area contributed by atoms with Gasteiger partial charge in [-0.25, -0.2) is 18.0 Å². The predicted octanol–water partition coefficient (Wildman–Crippen LogP) is 7.84. The van der Waals surface area contributed by atoms with Crippen LogP contribution in [0.1, 0.15) is 104 Å². The highest BCUT2D eigenvalue weighted by atomic mass is 19.2. The van der Waals surface area contributed by atoms with Crippen molar-refractivity contribution in [3.63, 3.8) is 0 Å². The van der Waals surface area contributed by atoms with E-state index in [-0.39, 0.29) is 23.5 Å². The summed E-state index contributed by atoms with van der Waals surface area (Å²) in [5.41, 5.74) is 1.72. The molecule has 2 fully saturated rings. The van der Waals surface area contributed by atoms with Crippen LogP contribution >= 0.6 is 0 Å². The molecule has 0 aromatic heterocycles. The summed E-state index contributed by atoms with van der Waals surface area (Å²) in [5.74, 6) is -1.65. The first-order chi connectivity index (χ1) is 15.9. The molecule has 0 heterocycles. The second-order valence-corrected chi connectivity index (χ2v) is 9.87. The molecule has 0 unspecified atom stereocenters. The molecule has 2 saturated carbocycles. The summed E-state index contributed by atoms with van der Waals surface area (Å²) in [5, 5.41) is 0. The second kappa shape index (κ2) is 10.3. The van der Waals surface area contributed by atoms with E-state index in [9.17, 15) is 13.6 Å². The summed E-state index contributed by atoms with van der Waals surface area (Å²) in [6.07, 6.45) is 6.62. The molecule has 0 atom stereocenters. The van der Waals surface area contributed by atoms with Gasteiger partial charge in [0.2, 0.25) is 0 Å². The van der Waals surface area contributed by atoms with Gasteiger partial charge in [-0.3, -0.25) is 0 Å². The molecule has 33 heavy (non-hydrogen) atoms. The van der Waals surface area contributed by atoms with Crippen LogP contribution in [0.15, 0.2) is 30.3 Å². The van der Waals surface area contributed by atoms with Crippen molar-refractivity contribution in [1.82, 2.24) is 0 Å². The van der Waals surface area contributed by atoms with Crippen LogP contribution in [0.2, 0.25) is 0 Å². The van der Waals surface area contributed by atoms with Gasteiger partial charge in [0, 0.05) is 0 Å². The first kappa shape index (κ1) is 23.8. The van der Waals surface area contributed by atoms with Gasteiger partial charge < -0.3 is 4.74 Å². The maximum absolute atomic E-state index is 15.0. The van der Waals surface area contributed by atoms with Crippen molar-refractivity contribution >= 4 is 5.97 Å². The summed E-state index contributed by atoms with van der Waals surface area (Å²) >= 11 is 0. The molecule has 0 saturated heterocycles. The van der Waals surface area contributed by atoms with Gasteiger partial charge in [0.1, 0.15) is 11.9 Å². The minimum absolute atomic E-state index is 0.0869. The minimum Gasteiger partial charge on any atom is -0.459 e. The fraction of sp³-hybridized carbons (Fsp3) is 0.536. The van der Waals surface area contributed by atoms with Crippen LogP contribution < -0.4 is 0 Å². The molecule has 2 aromatic rings. The van der Waals surface area contributed by atoms with Gasteiger partial charge in [-0.15, -0.1) is 0 Å². The summed E-state index contributed by atoms with van der Waals surface area (Å²) in [4.78, 5) is 12.4. The van der Waals surface area contributed by atoms with Crippen molar-refractivity contribution in [2.45, 2.75) is 89.6 Å². The molecule has 0 radical (unpaired) electrons. The molecule has 0 N–H and O–H groups in total. The molecule has 0 amide bonds. The number of ether oxygens (including phenoxy) is 1. The largest absolute Gasteiger partial charge is 0.459 e. The van der Waals surface area contributed by atoms with E-state index in [1.165, 1.54) is 6.07 Å². The number of halogens is 3. The summed E-state index contributed by atoms with van der Waals surface area (Å²) in [6, 6.07) is 7.97. The predicted molar refractivity (Wildman–Crippen MR) is 123 cm³/mol. The smallest absolute Gasteiger partial charge is 0.338 e. The Labute approximate surface area is 194 Å². The quantitative estimate of drug-likeness (QED) is 0.427. The van der Waals surface area contributed by atoms with E-state index in [1.807, 2.05) is 6.92 Å². The lowest BCUT2D eigenvalue weighted by Crippen LogP contribution is -2.24. The van der Waals surface area contributed by atoms with Gasteiger partial charge in [0.05, 0.1) is 5.56 Å². The Morgan fingerprint density at radius 1 is 0.848 bits per heavy atom. The molecular weight excluding hydrogens is 425 g/mol. The number of aryl methyl sites for hydroxylation is 1. The molecule has 2 aromatic carbocycles. The Hall–Kier alpha value is -2.30. The van der Waals surface area contributed by atoms with Crippen molar-refractivity contribution in [3.8, 4) is 0 Å². The van der Waals surface area contributed by atoms with Crippen molar-refractivity contribution in [2.75, 3.05) is 0 Å². The van der Waals surface area contributed by atoms with Gasteiger partial charge in [0.25, 0.3) is 0 Å². The van der Waals surface area contributed by atoms with Gasteiger partial charge in [-0.05, 0) is 91.5 Å². The Morgan fingerprint density at radius 2 is 1.39 bits per heavy atom. The zero-order chi connectivity index (χ0) is 23.5. The van der Waals surface area contributed by atoms with E-state index >= 15 is 4.39 Å². The summed E-state index contributed by atoms with van der Waals surface area (Å²) in [6.45, 7) is 4.07. The Kier molecular flexibility index (Phi) is 7.45. The molecule has 4 rings (SSSR count). The van der Waals surface area contributed by atoms with Crippen molar-refractivity contribution < 1.29 is 22.7 Å². The SMILES string of the molecule is CCc1ccc(C(=O)OC2CCC(c3ccc(C4CCC(C)CC4)c(F)c3F)CC2)cc1F. The lowest BCUT2D eigenvalue weighted by Gasteiger charge is -2.30. The number of carbonyl (C=O) groups excluding carboxylic acids is 1. The standard InChI is InChI=1S/C28H33F3O2/c1-3-18-8-9-21(16-25(18)29)28(32)33-22-12-10-20(11-13-22)24-15-14-23(26(30)27(24)31)19-6-4-17(2)5-7-19/h8-9,14-17,19-20,22H,3-7,10-13H2,1-2H3. The van der Waals surface area contributed by atoms with E-state index in [0.29, 0.717) is 54.7 Å². The molecule has 0 aliphatic heterocycles. The van der Waals surface area contributed by atoms with Crippen LogP contribution in [0, 0.1) is 23.4 Å². The Balaban J connectivity index is 1.36. The Bertz CT molecular complexity index is 987. The highest BCUT2D eigenvalue weighted by Gasteiger charge is 2.30. The first-order valence-corrected chi connectivity index (χ1v) is 12.3. The molecule has 5 heteroatoms. The lowest BCUT2D eigenvalue weighted by atomic mass is 9.77. The molecule has 0 bridgehead atoms. The number of rotatable bonds is 5. The third-order valence-corrected chi connectivity index (χ3v) is 7.66. The zero-order valence-electron chi connectivity index (χ0n) is 19.5. The number of carbonyl (C=O) groups is 1. The molecular formula is C28H33F3O2. The zero-order valence-corrected chi connectivity index (χ0v) is 19.5. The van der Waals surface area contributed by atoms with Crippen LogP contribution in [0.25, 0.3) is 0 Å². The third kappa shape index (κ3) is 5.28. The maximum Gasteiger partial charge on any atom is 0.338 e. The number of hydrogen-bond acceptors (Lipinski definition) is 2. The highest BCUT2D eigenvalue weighted by molar-refractivity contribution is 5.89. The average molecular weight is 459 g/mol.